The van der Waals surface area contributed by atoms with Crippen molar-refractivity contribution in [2.24, 2.45) is 17.3 Å². The second-order valence-electron chi connectivity index (χ2n) is 6.99. The molecule has 2 aliphatic heterocycles. The van der Waals surface area contributed by atoms with Crippen molar-refractivity contribution in [3.63, 3.8) is 0 Å². The molecule has 0 spiro atoms. The maximum absolute atomic E-state index is 12.7. The third kappa shape index (κ3) is 2.60. The summed E-state index contributed by atoms with van der Waals surface area (Å²) in [6, 6.07) is 0. The van der Waals surface area contributed by atoms with Crippen LogP contribution in [0.1, 0.15) is 39.0 Å². The van der Waals surface area contributed by atoms with Crippen LogP contribution in [0, 0.1) is 17.3 Å². The van der Waals surface area contributed by atoms with E-state index in [1.54, 1.807) is 0 Å². The van der Waals surface area contributed by atoms with Crippen LogP contribution in [0.25, 0.3) is 0 Å². The summed E-state index contributed by atoms with van der Waals surface area (Å²) in [5, 5.41) is 6.76. The molecule has 0 bridgehead atoms. The summed E-state index contributed by atoms with van der Waals surface area (Å²) >= 11 is 0. The van der Waals surface area contributed by atoms with Crippen LogP contribution in [0.5, 0.6) is 0 Å². The van der Waals surface area contributed by atoms with Gasteiger partial charge in [-0.3, -0.25) is 4.79 Å². The SMILES string of the molecule is CCN1CCC(CNC(=O)[C@@]23CCCC[C@H]2CNC3)C1. The molecular weight excluding hydrogens is 250 g/mol. The van der Waals surface area contributed by atoms with E-state index in [1.807, 2.05) is 0 Å². The number of rotatable bonds is 4. The molecule has 0 radical (unpaired) electrons. The van der Waals surface area contributed by atoms with E-state index < -0.39 is 0 Å². The van der Waals surface area contributed by atoms with Crippen LogP contribution >= 0.6 is 0 Å². The van der Waals surface area contributed by atoms with E-state index in [1.165, 1.54) is 32.2 Å². The third-order valence-corrected chi connectivity index (χ3v) is 5.86. The van der Waals surface area contributed by atoms with Gasteiger partial charge in [-0.1, -0.05) is 19.8 Å². The number of carbonyl (C=O) groups is 1. The molecule has 2 saturated heterocycles. The van der Waals surface area contributed by atoms with Crippen molar-refractivity contribution in [3.05, 3.63) is 0 Å². The number of hydrogen-bond acceptors (Lipinski definition) is 3. The van der Waals surface area contributed by atoms with Gasteiger partial charge in [0.1, 0.15) is 0 Å². The Balaban J connectivity index is 1.53. The zero-order valence-corrected chi connectivity index (χ0v) is 12.8. The first-order chi connectivity index (χ1) is 9.74. The first-order valence-corrected chi connectivity index (χ1v) is 8.46. The van der Waals surface area contributed by atoms with Crippen molar-refractivity contribution in [2.75, 3.05) is 39.3 Å². The molecule has 2 N–H and O–H groups in total. The Morgan fingerprint density at radius 3 is 3.10 bits per heavy atom. The number of fused-ring (bicyclic) bond motifs is 1. The van der Waals surface area contributed by atoms with Gasteiger partial charge in [0.15, 0.2) is 0 Å². The highest BCUT2D eigenvalue weighted by Gasteiger charge is 2.49. The van der Waals surface area contributed by atoms with Crippen LogP contribution in [0.4, 0.5) is 0 Å². The van der Waals surface area contributed by atoms with Crippen molar-refractivity contribution in [3.8, 4) is 0 Å². The fraction of sp³-hybridized carbons (Fsp3) is 0.938. The minimum atomic E-state index is -0.0820. The molecule has 3 atom stereocenters. The highest BCUT2D eigenvalue weighted by atomic mass is 16.2. The van der Waals surface area contributed by atoms with Gasteiger partial charge < -0.3 is 15.5 Å². The summed E-state index contributed by atoms with van der Waals surface area (Å²) in [6.07, 6.45) is 6.08. The average molecular weight is 279 g/mol. The molecule has 1 unspecified atom stereocenters. The van der Waals surface area contributed by atoms with E-state index in [0.29, 0.717) is 17.7 Å². The normalized spacial score (nSPS) is 37.9. The van der Waals surface area contributed by atoms with Gasteiger partial charge in [-0.25, -0.2) is 0 Å². The summed E-state index contributed by atoms with van der Waals surface area (Å²) in [6.45, 7) is 8.54. The lowest BCUT2D eigenvalue weighted by molar-refractivity contribution is -0.134. The fourth-order valence-corrected chi connectivity index (χ4v) is 4.47. The molecule has 114 valence electrons. The monoisotopic (exact) mass is 279 g/mol. The number of amides is 1. The third-order valence-electron chi connectivity index (χ3n) is 5.86. The topological polar surface area (TPSA) is 44.4 Å². The second-order valence-corrected chi connectivity index (χ2v) is 6.99. The molecule has 0 aromatic heterocycles. The Morgan fingerprint density at radius 1 is 1.40 bits per heavy atom. The van der Waals surface area contributed by atoms with Crippen molar-refractivity contribution >= 4 is 5.91 Å². The zero-order chi connectivity index (χ0) is 14.0. The summed E-state index contributed by atoms with van der Waals surface area (Å²) in [5.74, 6) is 1.57. The molecule has 0 aromatic rings. The van der Waals surface area contributed by atoms with Gasteiger partial charge in [-0.05, 0) is 50.7 Å². The summed E-state index contributed by atoms with van der Waals surface area (Å²) in [4.78, 5) is 15.2. The Labute approximate surface area is 122 Å². The summed E-state index contributed by atoms with van der Waals surface area (Å²) in [7, 11) is 0. The molecule has 1 saturated carbocycles. The van der Waals surface area contributed by atoms with Gasteiger partial charge in [0.25, 0.3) is 0 Å². The predicted octanol–water partition coefficient (Wildman–Crippen LogP) is 1.22. The largest absolute Gasteiger partial charge is 0.355 e. The van der Waals surface area contributed by atoms with Crippen LogP contribution in [0.3, 0.4) is 0 Å². The predicted molar refractivity (Wildman–Crippen MR) is 80.5 cm³/mol. The first kappa shape index (κ1) is 14.3. The van der Waals surface area contributed by atoms with Gasteiger partial charge in [0.2, 0.25) is 5.91 Å². The first-order valence-electron chi connectivity index (χ1n) is 8.46. The quantitative estimate of drug-likeness (QED) is 0.813. The lowest BCUT2D eigenvalue weighted by atomic mass is 9.67. The molecule has 20 heavy (non-hydrogen) atoms. The second kappa shape index (κ2) is 6.02. The Bertz CT molecular complexity index is 360. The molecule has 3 aliphatic rings. The fourth-order valence-electron chi connectivity index (χ4n) is 4.47. The molecular formula is C16H29N3O. The lowest BCUT2D eigenvalue weighted by Gasteiger charge is -2.37. The number of carbonyl (C=O) groups excluding carboxylic acids is 1. The van der Waals surface area contributed by atoms with Crippen molar-refractivity contribution in [1.82, 2.24) is 15.5 Å². The van der Waals surface area contributed by atoms with E-state index >= 15 is 0 Å². The molecule has 1 aliphatic carbocycles. The van der Waals surface area contributed by atoms with Crippen molar-refractivity contribution in [2.45, 2.75) is 39.0 Å². The number of nitrogens with one attached hydrogen (secondary N) is 2. The van der Waals surface area contributed by atoms with Crippen molar-refractivity contribution < 1.29 is 4.79 Å². The molecule has 0 aromatic carbocycles. The minimum absolute atomic E-state index is 0.0820. The van der Waals surface area contributed by atoms with Crippen molar-refractivity contribution in [1.29, 1.82) is 0 Å². The van der Waals surface area contributed by atoms with Crippen LogP contribution in [-0.4, -0.2) is 50.1 Å². The maximum Gasteiger partial charge on any atom is 0.227 e. The van der Waals surface area contributed by atoms with E-state index in [2.05, 4.69) is 22.5 Å². The molecule has 4 nitrogen and oxygen atoms in total. The minimum Gasteiger partial charge on any atom is -0.355 e. The number of nitrogens with zero attached hydrogens (tertiary/aromatic N) is 1. The van der Waals surface area contributed by atoms with Gasteiger partial charge in [0, 0.05) is 19.6 Å². The van der Waals surface area contributed by atoms with Crippen LogP contribution in [-0.2, 0) is 4.79 Å². The number of hydrogen-bond donors (Lipinski definition) is 2. The molecule has 3 fully saturated rings. The van der Waals surface area contributed by atoms with Crippen LogP contribution in [0.2, 0.25) is 0 Å². The van der Waals surface area contributed by atoms with Crippen LogP contribution in [0.15, 0.2) is 0 Å². The van der Waals surface area contributed by atoms with Gasteiger partial charge in [0.05, 0.1) is 5.41 Å². The molecule has 2 heterocycles. The van der Waals surface area contributed by atoms with E-state index in [0.717, 1.165) is 39.1 Å². The zero-order valence-electron chi connectivity index (χ0n) is 12.8. The smallest absolute Gasteiger partial charge is 0.227 e. The summed E-state index contributed by atoms with van der Waals surface area (Å²) < 4.78 is 0. The van der Waals surface area contributed by atoms with Crippen LogP contribution < -0.4 is 10.6 Å². The average Bonchev–Trinajstić information content (AvgIpc) is 3.11. The summed E-state index contributed by atoms with van der Waals surface area (Å²) in [5.41, 5.74) is -0.0820. The lowest BCUT2D eigenvalue weighted by Crippen LogP contribution is -2.49. The standard InChI is InChI=1S/C16H29N3O/c1-2-19-8-6-13(11-19)9-18-15(20)16-7-4-3-5-14(16)10-17-12-16/h13-14,17H,2-12H2,1H3,(H,18,20)/t13?,14-,16+/m0/s1. The highest BCUT2D eigenvalue weighted by Crippen LogP contribution is 2.43. The van der Waals surface area contributed by atoms with E-state index in [9.17, 15) is 4.79 Å². The molecule has 1 amide bonds. The molecule has 3 rings (SSSR count). The Hall–Kier alpha value is -0.610. The number of likely N-dealkylation sites (tertiary alicyclic amines) is 1. The van der Waals surface area contributed by atoms with E-state index in [-0.39, 0.29) is 5.41 Å². The van der Waals surface area contributed by atoms with Gasteiger partial charge in [-0.2, -0.15) is 0 Å². The van der Waals surface area contributed by atoms with E-state index in [4.69, 9.17) is 0 Å². The Morgan fingerprint density at radius 2 is 2.30 bits per heavy atom. The van der Waals surface area contributed by atoms with Gasteiger partial charge >= 0.3 is 0 Å². The molecule has 4 heteroatoms. The maximum atomic E-state index is 12.7. The van der Waals surface area contributed by atoms with Gasteiger partial charge in [-0.15, -0.1) is 0 Å². The Kier molecular flexibility index (Phi) is 4.32. The highest BCUT2D eigenvalue weighted by molar-refractivity contribution is 5.83.